The van der Waals surface area contributed by atoms with E-state index in [4.69, 9.17) is 10.5 Å². The van der Waals surface area contributed by atoms with Gasteiger partial charge in [-0.1, -0.05) is 20.3 Å². The van der Waals surface area contributed by atoms with Gasteiger partial charge in [0.1, 0.15) is 0 Å². The van der Waals surface area contributed by atoms with Crippen LogP contribution in [-0.2, 0) is 4.74 Å². The lowest BCUT2D eigenvalue weighted by Crippen LogP contribution is -2.56. The molecule has 0 bridgehead atoms. The molecule has 26 heavy (non-hydrogen) atoms. The van der Waals surface area contributed by atoms with Gasteiger partial charge in [0.25, 0.3) is 0 Å². The molecule has 0 aromatic rings. The Labute approximate surface area is 162 Å². The normalized spacial score (nSPS) is 51.2. The molecule has 0 aliphatic heterocycles. The lowest BCUT2D eigenvalue weighted by atomic mass is 9.42. The summed E-state index contributed by atoms with van der Waals surface area (Å²) < 4.78 is 5.52. The molecule has 4 saturated carbocycles. The van der Waals surface area contributed by atoms with Crippen LogP contribution in [0.25, 0.3) is 0 Å². The maximum atomic E-state index is 6.30. The quantitative estimate of drug-likeness (QED) is 0.702. The second-order valence-electron chi connectivity index (χ2n) is 10.8. The zero-order chi connectivity index (χ0) is 18.4. The monoisotopic (exact) mass is 361 g/mol. The molecule has 4 fully saturated rings. The second kappa shape index (κ2) is 7.39. The topological polar surface area (TPSA) is 35.2 Å². The van der Waals surface area contributed by atoms with Gasteiger partial charge in [0.15, 0.2) is 0 Å². The number of hydrogen-bond donors (Lipinski definition) is 1. The maximum absolute atomic E-state index is 6.30. The summed E-state index contributed by atoms with van der Waals surface area (Å²) in [5, 5.41) is 0. The minimum atomic E-state index is 0.592. The molecule has 0 radical (unpaired) electrons. The minimum absolute atomic E-state index is 0.592. The Hall–Kier alpha value is -0.0800. The Kier molecular flexibility index (Phi) is 5.47. The Balaban J connectivity index is 1.56. The lowest BCUT2D eigenvalue weighted by Gasteiger charge is -2.63. The Morgan fingerprint density at radius 3 is 2.46 bits per heavy atom. The van der Waals surface area contributed by atoms with E-state index in [0.717, 1.165) is 48.7 Å². The van der Waals surface area contributed by atoms with E-state index in [1.54, 1.807) is 0 Å². The highest BCUT2D eigenvalue weighted by Crippen LogP contribution is 2.66. The molecule has 4 aliphatic carbocycles. The van der Waals surface area contributed by atoms with Crippen molar-refractivity contribution >= 4 is 0 Å². The SMILES string of the molecule is CC[C@]12CCC3C(CC[C@]4(C)C[C@@H](COC)CCC34)C1CCC[C@@H]2CN. The summed E-state index contributed by atoms with van der Waals surface area (Å²) in [6.45, 7) is 7.03. The Morgan fingerprint density at radius 1 is 0.962 bits per heavy atom. The Bertz CT molecular complexity index is 493. The highest BCUT2D eigenvalue weighted by Gasteiger charge is 2.58. The van der Waals surface area contributed by atoms with Crippen molar-refractivity contribution in [2.75, 3.05) is 20.3 Å². The fourth-order valence-electron chi connectivity index (χ4n) is 9.00. The largest absolute Gasteiger partial charge is 0.384 e. The highest BCUT2D eigenvalue weighted by molar-refractivity contribution is 5.08. The van der Waals surface area contributed by atoms with Crippen LogP contribution in [0.4, 0.5) is 0 Å². The van der Waals surface area contributed by atoms with Crippen LogP contribution in [0.3, 0.4) is 0 Å². The second-order valence-corrected chi connectivity index (χ2v) is 10.8. The molecule has 0 spiro atoms. The number of fused-ring (bicyclic) bond motifs is 5. The third kappa shape index (κ3) is 2.89. The number of nitrogens with two attached hydrogens (primary N) is 1. The summed E-state index contributed by atoms with van der Waals surface area (Å²) in [6.07, 6.45) is 16.0. The molecule has 2 N–H and O–H groups in total. The summed E-state index contributed by atoms with van der Waals surface area (Å²) in [4.78, 5) is 0. The van der Waals surface area contributed by atoms with E-state index in [9.17, 15) is 0 Å². The summed E-state index contributed by atoms with van der Waals surface area (Å²) in [5.41, 5.74) is 7.48. The fraction of sp³-hybridized carbons (Fsp3) is 1.00. The molecule has 0 aromatic carbocycles. The van der Waals surface area contributed by atoms with Crippen molar-refractivity contribution in [1.29, 1.82) is 0 Å². The highest BCUT2D eigenvalue weighted by atomic mass is 16.5. The number of methoxy groups -OCH3 is 1. The van der Waals surface area contributed by atoms with Crippen molar-refractivity contribution in [3.8, 4) is 0 Å². The van der Waals surface area contributed by atoms with Crippen molar-refractivity contribution in [2.45, 2.75) is 84.5 Å². The van der Waals surface area contributed by atoms with Gasteiger partial charge in [0.05, 0.1) is 0 Å². The third-order valence-electron chi connectivity index (χ3n) is 10.1. The number of hydrogen-bond acceptors (Lipinski definition) is 2. The lowest BCUT2D eigenvalue weighted by molar-refractivity contribution is -0.142. The van der Waals surface area contributed by atoms with E-state index < -0.39 is 0 Å². The first kappa shape index (κ1) is 19.2. The first-order valence-corrected chi connectivity index (χ1v) is 11.8. The van der Waals surface area contributed by atoms with Crippen molar-refractivity contribution in [2.24, 2.45) is 52.1 Å². The van der Waals surface area contributed by atoms with Gasteiger partial charge >= 0.3 is 0 Å². The molecule has 150 valence electrons. The summed E-state index contributed by atoms with van der Waals surface area (Å²) in [5.74, 6) is 5.61. The van der Waals surface area contributed by atoms with Crippen LogP contribution in [0.1, 0.15) is 84.5 Å². The molecule has 4 unspecified atom stereocenters. The molecule has 4 rings (SSSR count). The van der Waals surface area contributed by atoms with Gasteiger partial charge in [-0.15, -0.1) is 0 Å². The van der Waals surface area contributed by atoms with Gasteiger partial charge < -0.3 is 10.5 Å². The minimum Gasteiger partial charge on any atom is -0.384 e. The van der Waals surface area contributed by atoms with Crippen LogP contribution >= 0.6 is 0 Å². The fourth-order valence-corrected chi connectivity index (χ4v) is 9.00. The van der Waals surface area contributed by atoms with Crippen LogP contribution in [0.15, 0.2) is 0 Å². The average molecular weight is 362 g/mol. The van der Waals surface area contributed by atoms with Gasteiger partial charge in [0, 0.05) is 13.7 Å². The molecule has 0 heterocycles. The summed E-state index contributed by atoms with van der Waals surface area (Å²) in [7, 11) is 1.88. The summed E-state index contributed by atoms with van der Waals surface area (Å²) in [6, 6.07) is 0. The molecule has 2 nitrogen and oxygen atoms in total. The van der Waals surface area contributed by atoms with E-state index in [1.807, 2.05) is 7.11 Å². The van der Waals surface area contributed by atoms with E-state index in [-0.39, 0.29) is 0 Å². The molecule has 8 atom stereocenters. The smallest absolute Gasteiger partial charge is 0.0490 e. The van der Waals surface area contributed by atoms with Crippen LogP contribution in [0, 0.1) is 46.3 Å². The van der Waals surface area contributed by atoms with Gasteiger partial charge in [-0.25, -0.2) is 0 Å². The van der Waals surface area contributed by atoms with Crippen LogP contribution in [0.2, 0.25) is 0 Å². The van der Waals surface area contributed by atoms with E-state index >= 15 is 0 Å². The number of ether oxygens (including phenoxy) is 1. The molecular weight excluding hydrogens is 318 g/mol. The maximum Gasteiger partial charge on any atom is 0.0490 e. The van der Waals surface area contributed by atoms with Crippen LogP contribution in [-0.4, -0.2) is 20.3 Å². The average Bonchev–Trinajstić information content (AvgIpc) is 2.66. The van der Waals surface area contributed by atoms with Gasteiger partial charge in [-0.05, 0) is 117 Å². The van der Waals surface area contributed by atoms with Crippen molar-refractivity contribution < 1.29 is 4.74 Å². The zero-order valence-corrected chi connectivity index (χ0v) is 17.6. The molecule has 0 amide bonds. The first-order chi connectivity index (χ1) is 12.6. The van der Waals surface area contributed by atoms with E-state index in [0.29, 0.717) is 10.8 Å². The van der Waals surface area contributed by atoms with Gasteiger partial charge in [-0.2, -0.15) is 0 Å². The molecule has 0 saturated heterocycles. The molecule has 4 aliphatic rings. The predicted molar refractivity (Wildman–Crippen MR) is 109 cm³/mol. The number of rotatable bonds is 4. The Morgan fingerprint density at radius 2 is 1.73 bits per heavy atom. The van der Waals surface area contributed by atoms with E-state index in [1.165, 1.54) is 70.6 Å². The third-order valence-corrected chi connectivity index (χ3v) is 10.1. The molecular formula is C24H43NO. The van der Waals surface area contributed by atoms with Crippen molar-refractivity contribution in [1.82, 2.24) is 0 Å². The molecule has 0 aromatic heterocycles. The predicted octanol–water partition coefficient (Wildman–Crippen LogP) is 5.65. The summed E-state index contributed by atoms with van der Waals surface area (Å²) >= 11 is 0. The van der Waals surface area contributed by atoms with Gasteiger partial charge in [-0.3, -0.25) is 0 Å². The van der Waals surface area contributed by atoms with Crippen molar-refractivity contribution in [3.63, 3.8) is 0 Å². The van der Waals surface area contributed by atoms with Crippen LogP contribution < -0.4 is 5.73 Å². The van der Waals surface area contributed by atoms with Crippen molar-refractivity contribution in [3.05, 3.63) is 0 Å². The zero-order valence-electron chi connectivity index (χ0n) is 17.6. The van der Waals surface area contributed by atoms with Gasteiger partial charge in [0.2, 0.25) is 0 Å². The standard InChI is InChI=1S/C24H43NO/c1-4-24-13-11-19-20(22(24)7-5-6-18(24)15-25)10-12-23(2)14-17(16-26-3)8-9-21(19)23/h17-22H,4-16,25H2,1-3H3/t17-,18+,19?,20?,21?,22?,23+,24+/m0/s1. The first-order valence-electron chi connectivity index (χ1n) is 11.8. The van der Waals surface area contributed by atoms with E-state index in [2.05, 4.69) is 13.8 Å². The van der Waals surface area contributed by atoms with Crippen LogP contribution in [0.5, 0.6) is 0 Å². The molecule has 2 heteroatoms.